The van der Waals surface area contributed by atoms with Gasteiger partial charge in [-0.05, 0) is 71.1 Å². The van der Waals surface area contributed by atoms with Crippen LogP contribution in [0.3, 0.4) is 0 Å². The number of ketones is 1. The van der Waals surface area contributed by atoms with Crippen LogP contribution < -0.4 is 53.2 Å². The van der Waals surface area contributed by atoms with E-state index in [-0.39, 0.29) is 180 Å². The predicted molar refractivity (Wildman–Crippen MR) is 369 cm³/mol. The minimum absolute atomic E-state index is 0.0729. The Morgan fingerprint density at radius 3 is 0.840 bits per heavy atom. The Hall–Kier alpha value is -6.35. The van der Waals surface area contributed by atoms with Crippen LogP contribution >= 0.6 is 0 Å². The Bertz CT molecular complexity index is 2400. The first-order chi connectivity index (χ1) is 50.6. The molecule has 3 aliphatic heterocycles. The zero-order valence-electron chi connectivity index (χ0n) is 61.3. The van der Waals surface area contributed by atoms with Crippen molar-refractivity contribution in [1.82, 2.24) is 53.2 Å². The number of carbonyl (C=O) groups excluding carboxylic acids is 11. The summed E-state index contributed by atoms with van der Waals surface area (Å²) < 4.78 is 51.7. The number of carbonyl (C=O) groups is 11. The van der Waals surface area contributed by atoms with Crippen LogP contribution in [-0.4, -0.2) is 327 Å². The molecule has 0 aromatic rings. The molecule has 0 aromatic heterocycles. The van der Waals surface area contributed by atoms with Gasteiger partial charge in [-0.2, -0.15) is 0 Å². The van der Waals surface area contributed by atoms with Gasteiger partial charge in [-0.1, -0.05) is 0 Å². The van der Waals surface area contributed by atoms with Crippen molar-refractivity contribution < 1.29 is 141 Å². The molecule has 15 atom stereocenters. The summed E-state index contributed by atoms with van der Waals surface area (Å²) in [4.78, 5) is 137. The Labute approximate surface area is 616 Å². The molecule has 19 N–H and O–H groups in total. The summed E-state index contributed by atoms with van der Waals surface area (Å²) >= 11 is 0. The van der Waals surface area contributed by atoms with Gasteiger partial charge in [-0.25, -0.2) is 0 Å². The van der Waals surface area contributed by atoms with Gasteiger partial charge >= 0.3 is 0 Å². The Balaban J connectivity index is 1.49. The molecule has 39 nitrogen and oxygen atoms in total. The number of aliphatic hydroxyl groups excluding tert-OH is 9. The fourth-order valence-electron chi connectivity index (χ4n) is 11.1. The lowest BCUT2D eigenvalue weighted by Crippen LogP contribution is -2.64. The molecular weight excluding hydrogens is 1410 g/mol. The molecule has 39 heteroatoms. The zero-order valence-corrected chi connectivity index (χ0v) is 61.3. The normalized spacial score (nSPS) is 24.8. The van der Waals surface area contributed by atoms with E-state index >= 15 is 0 Å². The summed E-state index contributed by atoms with van der Waals surface area (Å²) in [5.41, 5.74) is -1.46. The summed E-state index contributed by atoms with van der Waals surface area (Å²) in [6.07, 6.45) is -11.8. The van der Waals surface area contributed by atoms with Gasteiger partial charge in [-0.15, -0.1) is 0 Å². The van der Waals surface area contributed by atoms with Gasteiger partial charge in [0.2, 0.25) is 59.1 Å². The molecule has 15 unspecified atom stereocenters. The second kappa shape index (κ2) is 53.5. The number of hydrogen-bond donors (Lipinski definition) is 19. The van der Waals surface area contributed by atoms with Crippen molar-refractivity contribution in [3.63, 3.8) is 0 Å². The van der Waals surface area contributed by atoms with Crippen LogP contribution in [-0.2, 0) is 95.4 Å². The summed E-state index contributed by atoms with van der Waals surface area (Å²) in [5, 5.41) is 118. The third kappa shape index (κ3) is 38.1. The van der Waals surface area contributed by atoms with Gasteiger partial charge in [0.05, 0.1) is 59.5 Å². The van der Waals surface area contributed by atoms with Crippen molar-refractivity contribution in [2.75, 3.05) is 119 Å². The SMILES string of the molecule is CC(=O)CCCC(=O)NC(COCCC(=O)NCCCNC(=O)CCCCOC1OC(CO)C(O)C(O)C1NC(C)=O)(COCCC(=O)NCCCNC(=O)CCCCOC1OC(CO)C(O)C(O)C1NC(C)=O)COCCC(=O)NCCCNC(=O)CCCCOC1OC(CO)C(O)C(O)C1NC(C)=O. The highest BCUT2D eigenvalue weighted by Gasteiger charge is 2.48. The molecule has 0 saturated carbocycles. The van der Waals surface area contributed by atoms with Gasteiger partial charge in [0.15, 0.2) is 18.9 Å². The average molecular weight is 1530 g/mol. The minimum Gasteiger partial charge on any atom is -0.394 e. The monoisotopic (exact) mass is 1530 g/mol. The second-order valence-electron chi connectivity index (χ2n) is 26.2. The van der Waals surface area contributed by atoms with Crippen LogP contribution in [0.1, 0.15) is 143 Å². The first-order valence-electron chi connectivity index (χ1n) is 36.3. The molecule has 106 heavy (non-hydrogen) atoms. The lowest BCUT2D eigenvalue weighted by molar-refractivity contribution is -0.270. The fourth-order valence-corrected chi connectivity index (χ4v) is 11.1. The summed E-state index contributed by atoms with van der Waals surface area (Å²) in [5.74, 6) is -4.06. The molecule has 610 valence electrons. The molecule has 0 bridgehead atoms. The van der Waals surface area contributed by atoms with E-state index in [0.717, 1.165) is 0 Å². The van der Waals surface area contributed by atoms with E-state index in [9.17, 15) is 98.7 Å². The van der Waals surface area contributed by atoms with Crippen molar-refractivity contribution in [1.29, 1.82) is 0 Å². The van der Waals surface area contributed by atoms with Crippen LogP contribution in [0.15, 0.2) is 0 Å². The van der Waals surface area contributed by atoms with E-state index in [1.54, 1.807) is 0 Å². The standard InChI is InChI=1S/C67H118N10O29/c1-41(81)15-11-19-54(91)77-67(38-98-32-20-51(88)71-26-12-23-68-48(85)16-5-8-29-101-64-55(74-42(2)82)61(95)58(92)45(35-78)104-64,39-99-33-21-52(89)72-27-13-24-69-49(86)17-6-9-30-102-65-56(75-43(3)83)62(96)59(93)46(36-79)105-65)40-100-34-22-53(90)73-28-14-25-70-50(87)18-7-10-31-103-66-57(76-44(4)84)63(97)60(94)47(37-80)106-66/h45-47,55-66,78-80,92-97H,5-40H2,1-4H3,(H,68,85)(H,69,86)(H,70,87)(H,71,88)(H,72,89)(H,73,90)(H,74,82)(H,75,83)(H,76,84)(H,77,91). The van der Waals surface area contributed by atoms with Gasteiger partial charge in [0.1, 0.15) is 84.4 Å². The summed E-state index contributed by atoms with van der Waals surface area (Å²) in [6, 6.07) is -3.28. The first kappa shape index (κ1) is 93.9. The Morgan fingerprint density at radius 2 is 0.585 bits per heavy atom. The number of amides is 10. The highest BCUT2D eigenvalue weighted by molar-refractivity contribution is 5.80. The number of ether oxygens (including phenoxy) is 9. The predicted octanol–water partition coefficient (Wildman–Crippen LogP) is -6.92. The molecule has 10 amide bonds. The van der Waals surface area contributed by atoms with Crippen LogP contribution in [0.5, 0.6) is 0 Å². The number of rotatable bonds is 56. The van der Waals surface area contributed by atoms with E-state index in [4.69, 9.17) is 42.6 Å². The van der Waals surface area contributed by atoms with Crippen molar-refractivity contribution in [3.8, 4) is 0 Å². The summed E-state index contributed by atoms with van der Waals surface area (Å²) in [6.45, 7) is 3.52. The van der Waals surface area contributed by atoms with Gasteiger partial charge in [0.25, 0.3) is 0 Å². The second-order valence-corrected chi connectivity index (χ2v) is 26.2. The minimum atomic E-state index is -1.46. The number of hydrogen-bond acceptors (Lipinski definition) is 29. The molecule has 3 rings (SSSR count). The van der Waals surface area contributed by atoms with Crippen LogP contribution in [0.25, 0.3) is 0 Å². The third-order valence-electron chi connectivity index (χ3n) is 16.9. The molecule has 0 aromatic carbocycles. The lowest BCUT2D eigenvalue weighted by atomic mass is 9.97. The van der Waals surface area contributed by atoms with Gasteiger partial charge < -0.3 is 147 Å². The maximum Gasteiger partial charge on any atom is 0.222 e. The largest absolute Gasteiger partial charge is 0.394 e. The molecule has 3 fully saturated rings. The number of aliphatic hydroxyl groups is 9. The molecule has 0 radical (unpaired) electrons. The quantitative estimate of drug-likeness (QED) is 0.0252. The maximum absolute atomic E-state index is 13.5. The smallest absolute Gasteiger partial charge is 0.222 e. The van der Waals surface area contributed by atoms with Crippen molar-refractivity contribution in [3.05, 3.63) is 0 Å². The molecular formula is C67H118N10O29. The van der Waals surface area contributed by atoms with Crippen molar-refractivity contribution in [2.24, 2.45) is 0 Å². The van der Waals surface area contributed by atoms with Gasteiger partial charge in [-0.3, -0.25) is 47.9 Å². The molecule has 3 saturated heterocycles. The summed E-state index contributed by atoms with van der Waals surface area (Å²) in [7, 11) is 0. The molecule has 0 spiro atoms. The van der Waals surface area contributed by atoms with Crippen molar-refractivity contribution >= 4 is 64.9 Å². The molecule has 3 heterocycles. The Morgan fingerprint density at radius 1 is 0.321 bits per heavy atom. The highest BCUT2D eigenvalue weighted by Crippen LogP contribution is 2.26. The molecule has 3 aliphatic rings. The highest BCUT2D eigenvalue weighted by atomic mass is 16.7. The van der Waals surface area contributed by atoms with E-state index in [0.29, 0.717) is 57.8 Å². The van der Waals surface area contributed by atoms with E-state index in [1.807, 2.05) is 0 Å². The fraction of sp³-hybridized carbons (Fsp3) is 0.836. The number of Topliss-reactive ketones (excluding diaryl/α,β-unsaturated/α-hetero) is 1. The zero-order chi connectivity index (χ0) is 78.4. The van der Waals surface area contributed by atoms with E-state index in [2.05, 4.69) is 53.2 Å². The van der Waals surface area contributed by atoms with Crippen LogP contribution in [0, 0.1) is 0 Å². The topological polar surface area (TPSA) is 573 Å². The van der Waals surface area contributed by atoms with E-state index < -0.39 is 159 Å². The lowest BCUT2D eigenvalue weighted by Gasteiger charge is -2.42. The van der Waals surface area contributed by atoms with E-state index in [1.165, 1.54) is 27.7 Å². The first-order valence-corrected chi connectivity index (χ1v) is 36.3. The maximum atomic E-state index is 13.5. The number of nitrogens with one attached hydrogen (secondary N) is 10. The Kier molecular flexibility index (Phi) is 47.3. The third-order valence-corrected chi connectivity index (χ3v) is 16.9. The van der Waals surface area contributed by atoms with Crippen molar-refractivity contribution in [2.45, 2.75) is 241 Å². The van der Waals surface area contributed by atoms with Crippen LogP contribution in [0.4, 0.5) is 0 Å². The average Bonchev–Trinajstić information content (AvgIpc) is 0.826. The number of unbranched alkanes of at least 4 members (excludes halogenated alkanes) is 3. The molecule has 0 aliphatic carbocycles. The van der Waals surface area contributed by atoms with Gasteiger partial charge in [0, 0.05) is 131 Å². The van der Waals surface area contributed by atoms with Crippen LogP contribution in [0.2, 0.25) is 0 Å².